The van der Waals surface area contributed by atoms with Crippen LogP contribution < -0.4 is 0 Å². The van der Waals surface area contributed by atoms with Crippen molar-refractivity contribution < 1.29 is 13.2 Å². The first-order valence-electron chi connectivity index (χ1n) is 9.94. The lowest BCUT2D eigenvalue weighted by Gasteiger charge is -2.12. The predicted octanol–water partition coefficient (Wildman–Crippen LogP) is 8.59. The Bertz CT molecular complexity index is 1190. The van der Waals surface area contributed by atoms with Gasteiger partial charge in [-0.05, 0) is 59.2 Å². The lowest BCUT2D eigenvalue weighted by Crippen LogP contribution is -1.95. The SMILES string of the molecule is CCCCc1ccc2c(F)c(-c3cc(F)c(-c4ccc(Cl)cc4)c(F)c3)ccc2c1. The van der Waals surface area contributed by atoms with E-state index in [1.54, 1.807) is 42.5 Å². The molecule has 0 heterocycles. The zero-order valence-electron chi connectivity index (χ0n) is 16.5. The van der Waals surface area contributed by atoms with E-state index in [1.165, 1.54) is 12.1 Å². The Morgan fingerprint density at radius 3 is 2.13 bits per heavy atom. The summed E-state index contributed by atoms with van der Waals surface area (Å²) in [5, 5.41) is 1.70. The van der Waals surface area contributed by atoms with Gasteiger partial charge in [0.15, 0.2) is 0 Å². The summed E-state index contributed by atoms with van der Waals surface area (Å²) < 4.78 is 44.8. The summed E-state index contributed by atoms with van der Waals surface area (Å²) in [7, 11) is 0. The first-order valence-corrected chi connectivity index (χ1v) is 10.3. The Hall–Kier alpha value is -2.78. The van der Waals surface area contributed by atoms with E-state index in [0.29, 0.717) is 16.0 Å². The summed E-state index contributed by atoms with van der Waals surface area (Å²) in [5.74, 6) is -1.98. The zero-order valence-corrected chi connectivity index (χ0v) is 17.2. The fourth-order valence-corrected chi connectivity index (χ4v) is 3.85. The van der Waals surface area contributed by atoms with Gasteiger partial charge < -0.3 is 0 Å². The van der Waals surface area contributed by atoms with Gasteiger partial charge in [-0.2, -0.15) is 0 Å². The fraction of sp³-hybridized carbons (Fsp3) is 0.154. The molecule has 4 rings (SSSR count). The normalized spacial score (nSPS) is 11.2. The minimum Gasteiger partial charge on any atom is -0.206 e. The molecular weight excluding hydrogens is 405 g/mol. The van der Waals surface area contributed by atoms with E-state index in [0.717, 1.165) is 30.2 Å². The largest absolute Gasteiger partial charge is 0.206 e. The molecule has 0 saturated heterocycles. The molecule has 0 aliphatic rings. The van der Waals surface area contributed by atoms with Crippen LogP contribution in [0.15, 0.2) is 66.7 Å². The van der Waals surface area contributed by atoms with Crippen LogP contribution in [0.1, 0.15) is 25.3 Å². The lowest BCUT2D eigenvalue weighted by molar-refractivity contribution is 0.590. The van der Waals surface area contributed by atoms with Gasteiger partial charge >= 0.3 is 0 Å². The molecule has 0 aromatic heterocycles. The van der Waals surface area contributed by atoms with E-state index in [-0.39, 0.29) is 16.7 Å². The number of fused-ring (bicyclic) bond motifs is 1. The molecule has 0 nitrogen and oxygen atoms in total. The van der Waals surface area contributed by atoms with Gasteiger partial charge in [0.1, 0.15) is 17.5 Å². The summed E-state index contributed by atoms with van der Waals surface area (Å²) in [5.41, 5.74) is 1.71. The first-order chi connectivity index (χ1) is 14.5. The number of hydrogen-bond acceptors (Lipinski definition) is 0. The van der Waals surface area contributed by atoms with Crippen molar-refractivity contribution in [1.82, 2.24) is 0 Å². The number of benzene rings is 4. The summed E-state index contributed by atoms with van der Waals surface area (Å²) in [6, 6.07) is 17.6. The van der Waals surface area contributed by atoms with Crippen LogP contribution in [0.25, 0.3) is 33.0 Å². The molecule has 30 heavy (non-hydrogen) atoms. The molecule has 0 atom stereocenters. The third-order valence-electron chi connectivity index (χ3n) is 5.32. The van der Waals surface area contributed by atoms with Gasteiger partial charge in [0.2, 0.25) is 0 Å². The molecule has 4 heteroatoms. The van der Waals surface area contributed by atoms with Gasteiger partial charge in [-0.1, -0.05) is 67.4 Å². The molecule has 0 unspecified atom stereocenters. The summed E-state index contributed by atoms with van der Waals surface area (Å²) in [6.45, 7) is 2.13. The van der Waals surface area contributed by atoms with Crippen molar-refractivity contribution in [1.29, 1.82) is 0 Å². The Morgan fingerprint density at radius 1 is 0.767 bits per heavy atom. The van der Waals surface area contributed by atoms with E-state index < -0.39 is 17.5 Å². The second-order valence-corrected chi connectivity index (χ2v) is 7.84. The van der Waals surface area contributed by atoms with Crippen LogP contribution in [0.5, 0.6) is 0 Å². The molecule has 152 valence electrons. The topological polar surface area (TPSA) is 0 Å². The minimum absolute atomic E-state index is 0.155. The maximum atomic E-state index is 15.2. The predicted molar refractivity (Wildman–Crippen MR) is 118 cm³/mol. The molecule has 0 amide bonds. The molecule has 0 saturated carbocycles. The highest BCUT2D eigenvalue weighted by molar-refractivity contribution is 6.30. The van der Waals surface area contributed by atoms with Crippen molar-refractivity contribution in [2.75, 3.05) is 0 Å². The molecule has 4 aromatic carbocycles. The molecule has 0 fully saturated rings. The summed E-state index contributed by atoms with van der Waals surface area (Å²) in [4.78, 5) is 0. The molecule has 0 spiro atoms. The van der Waals surface area contributed by atoms with Crippen molar-refractivity contribution >= 4 is 22.4 Å². The Morgan fingerprint density at radius 2 is 1.47 bits per heavy atom. The van der Waals surface area contributed by atoms with E-state index in [4.69, 9.17) is 11.6 Å². The fourth-order valence-electron chi connectivity index (χ4n) is 3.72. The van der Waals surface area contributed by atoms with Crippen molar-refractivity contribution in [2.24, 2.45) is 0 Å². The standard InChI is InChI=1S/C26H20ClF3/c1-2-3-4-16-5-11-21-18(13-16)8-12-22(26(21)30)19-14-23(28)25(24(29)15-19)17-6-9-20(27)10-7-17/h5-15H,2-4H2,1H3. The van der Waals surface area contributed by atoms with E-state index in [2.05, 4.69) is 6.92 Å². The first kappa shape index (κ1) is 20.5. The second-order valence-electron chi connectivity index (χ2n) is 7.41. The number of aryl methyl sites for hydroxylation is 1. The quantitative estimate of drug-likeness (QED) is 0.301. The third-order valence-corrected chi connectivity index (χ3v) is 5.58. The third kappa shape index (κ3) is 3.95. The van der Waals surface area contributed by atoms with Crippen LogP contribution in [0, 0.1) is 17.5 Å². The van der Waals surface area contributed by atoms with E-state index in [1.807, 2.05) is 12.1 Å². The monoisotopic (exact) mass is 424 g/mol. The smallest absolute Gasteiger partial charge is 0.138 e. The lowest BCUT2D eigenvalue weighted by atomic mass is 9.95. The molecule has 0 N–H and O–H groups in total. The highest BCUT2D eigenvalue weighted by Gasteiger charge is 2.17. The van der Waals surface area contributed by atoms with Crippen molar-refractivity contribution in [3.05, 3.63) is 94.8 Å². The second kappa shape index (κ2) is 8.53. The van der Waals surface area contributed by atoms with Gasteiger partial charge in [0, 0.05) is 16.0 Å². The van der Waals surface area contributed by atoms with Crippen molar-refractivity contribution in [3.8, 4) is 22.3 Å². The van der Waals surface area contributed by atoms with Crippen LogP contribution in [-0.2, 0) is 6.42 Å². The zero-order chi connectivity index (χ0) is 21.3. The van der Waals surface area contributed by atoms with Crippen LogP contribution >= 0.6 is 11.6 Å². The molecule has 0 bridgehead atoms. The minimum atomic E-state index is -0.748. The van der Waals surface area contributed by atoms with Gasteiger partial charge in [-0.25, -0.2) is 13.2 Å². The average molecular weight is 425 g/mol. The van der Waals surface area contributed by atoms with Crippen molar-refractivity contribution in [2.45, 2.75) is 26.2 Å². The molecule has 0 radical (unpaired) electrons. The number of hydrogen-bond donors (Lipinski definition) is 0. The van der Waals surface area contributed by atoms with Gasteiger partial charge in [0.25, 0.3) is 0 Å². The van der Waals surface area contributed by atoms with E-state index >= 15 is 4.39 Å². The molecule has 0 aliphatic carbocycles. The van der Waals surface area contributed by atoms with Crippen LogP contribution in [0.2, 0.25) is 5.02 Å². The highest BCUT2D eigenvalue weighted by atomic mass is 35.5. The Balaban J connectivity index is 1.76. The van der Waals surface area contributed by atoms with Gasteiger partial charge in [-0.15, -0.1) is 0 Å². The Labute approximate surface area is 178 Å². The average Bonchev–Trinajstić information content (AvgIpc) is 2.73. The number of unbranched alkanes of at least 4 members (excludes halogenated alkanes) is 1. The molecule has 4 aromatic rings. The number of rotatable bonds is 5. The Kier molecular flexibility index (Phi) is 5.83. The van der Waals surface area contributed by atoms with Crippen LogP contribution in [0.4, 0.5) is 13.2 Å². The van der Waals surface area contributed by atoms with Crippen molar-refractivity contribution in [3.63, 3.8) is 0 Å². The van der Waals surface area contributed by atoms with Crippen LogP contribution in [0.3, 0.4) is 0 Å². The molecule has 0 aliphatic heterocycles. The summed E-state index contributed by atoms with van der Waals surface area (Å²) >= 11 is 5.85. The van der Waals surface area contributed by atoms with E-state index in [9.17, 15) is 8.78 Å². The molecular formula is C26H20ClF3. The van der Waals surface area contributed by atoms with Gasteiger partial charge in [-0.3, -0.25) is 0 Å². The van der Waals surface area contributed by atoms with Gasteiger partial charge in [0.05, 0.1) is 5.56 Å². The summed E-state index contributed by atoms with van der Waals surface area (Å²) in [6.07, 6.45) is 3.11. The number of halogens is 4. The maximum absolute atomic E-state index is 15.2. The highest BCUT2D eigenvalue weighted by Crippen LogP contribution is 2.34. The maximum Gasteiger partial charge on any atom is 0.138 e. The van der Waals surface area contributed by atoms with Crippen LogP contribution in [-0.4, -0.2) is 0 Å².